The van der Waals surface area contributed by atoms with Crippen LogP contribution in [0.1, 0.15) is 38.7 Å². The summed E-state index contributed by atoms with van der Waals surface area (Å²) in [4.78, 5) is 18.4. The number of aromatic nitrogens is 1. The molecule has 2 rings (SSSR count). The van der Waals surface area contributed by atoms with Gasteiger partial charge in [0.25, 0.3) is 0 Å². The molecule has 0 radical (unpaired) electrons. The van der Waals surface area contributed by atoms with Gasteiger partial charge in [-0.2, -0.15) is 0 Å². The van der Waals surface area contributed by atoms with E-state index in [9.17, 15) is 4.79 Å². The van der Waals surface area contributed by atoms with E-state index >= 15 is 0 Å². The van der Waals surface area contributed by atoms with Gasteiger partial charge >= 0.3 is 0 Å². The third-order valence-electron chi connectivity index (χ3n) is 3.87. The number of rotatable bonds is 3. The van der Waals surface area contributed by atoms with E-state index in [4.69, 9.17) is 5.73 Å². The molecule has 104 valence electrons. The SMILES string of the molecule is CC1(C)CC(N)CCN1C(=O)CCc1cccnc1. The lowest BCUT2D eigenvalue weighted by Crippen LogP contribution is -2.55. The third kappa shape index (κ3) is 3.53. The second-order valence-electron chi connectivity index (χ2n) is 5.97. The van der Waals surface area contributed by atoms with Crippen LogP contribution >= 0.6 is 0 Å². The number of hydrogen-bond donors (Lipinski definition) is 1. The monoisotopic (exact) mass is 261 g/mol. The zero-order valence-electron chi connectivity index (χ0n) is 11.8. The second kappa shape index (κ2) is 5.70. The van der Waals surface area contributed by atoms with Gasteiger partial charge in [-0.3, -0.25) is 9.78 Å². The standard InChI is InChI=1S/C15H23N3O/c1-15(2)10-13(16)7-9-18(15)14(19)6-5-12-4-3-8-17-11-12/h3-4,8,11,13H,5-7,9-10,16H2,1-2H3. The van der Waals surface area contributed by atoms with Crippen LogP contribution in [0.4, 0.5) is 0 Å². The number of carbonyl (C=O) groups excluding carboxylic acids is 1. The highest BCUT2D eigenvalue weighted by atomic mass is 16.2. The molecule has 0 aromatic carbocycles. The van der Waals surface area contributed by atoms with Crippen molar-refractivity contribution in [3.63, 3.8) is 0 Å². The van der Waals surface area contributed by atoms with Gasteiger partial charge in [0.15, 0.2) is 0 Å². The van der Waals surface area contributed by atoms with Gasteiger partial charge in [0.1, 0.15) is 0 Å². The number of piperidine rings is 1. The van der Waals surface area contributed by atoms with Crippen molar-refractivity contribution in [2.75, 3.05) is 6.54 Å². The van der Waals surface area contributed by atoms with Crippen molar-refractivity contribution in [3.05, 3.63) is 30.1 Å². The molecule has 1 aliphatic heterocycles. The molecule has 4 heteroatoms. The van der Waals surface area contributed by atoms with Crippen molar-refractivity contribution in [3.8, 4) is 0 Å². The van der Waals surface area contributed by atoms with E-state index in [1.807, 2.05) is 23.2 Å². The molecule has 1 aromatic heterocycles. The first kappa shape index (κ1) is 14.0. The molecular formula is C15H23N3O. The van der Waals surface area contributed by atoms with Crippen molar-refractivity contribution >= 4 is 5.91 Å². The molecule has 1 unspecified atom stereocenters. The predicted molar refractivity (Wildman–Crippen MR) is 75.6 cm³/mol. The number of hydrogen-bond acceptors (Lipinski definition) is 3. The van der Waals surface area contributed by atoms with Crippen LogP contribution < -0.4 is 5.73 Å². The van der Waals surface area contributed by atoms with Crippen molar-refractivity contribution in [2.45, 2.75) is 51.1 Å². The van der Waals surface area contributed by atoms with Crippen LogP contribution in [0.5, 0.6) is 0 Å². The fraction of sp³-hybridized carbons (Fsp3) is 0.600. The number of nitrogens with zero attached hydrogens (tertiary/aromatic N) is 2. The van der Waals surface area contributed by atoms with Crippen molar-refractivity contribution in [2.24, 2.45) is 5.73 Å². The Morgan fingerprint density at radius 3 is 3.00 bits per heavy atom. The van der Waals surface area contributed by atoms with Gasteiger partial charge in [0.05, 0.1) is 0 Å². The second-order valence-corrected chi connectivity index (χ2v) is 5.97. The number of amides is 1. The predicted octanol–water partition coefficient (Wildman–Crippen LogP) is 1.74. The summed E-state index contributed by atoms with van der Waals surface area (Å²) in [6, 6.07) is 4.14. The Bertz CT molecular complexity index is 430. The Morgan fingerprint density at radius 2 is 2.37 bits per heavy atom. The van der Waals surface area contributed by atoms with Gasteiger partial charge in [-0.05, 0) is 44.7 Å². The van der Waals surface area contributed by atoms with Gasteiger partial charge in [0, 0.05) is 36.9 Å². The van der Waals surface area contributed by atoms with Crippen molar-refractivity contribution < 1.29 is 4.79 Å². The summed E-state index contributed by atoms with van der Waals surface area (Å²) in [6.07, 6.45) is 6.66. The van der Waals surface area contributed by atoms with Gasteiger partial charge < -0.3 is 10.6 Å². The zero-order chi connectivity index (χ0) is 13.9. The first-order valence-corrected chi connectivity index (χ1v) is 6.94. The lowest BCUT2D eigenvalue weighted by atomic mass is 9.87. The molecule has 1 saturated heterocycles. The average Bonchev–Trinajstić information content (AvgIpc) is 2.36. The van der Waals surface area contributed by atoms with Crippen LogP contribution in [0, 0.1) is 0 Å². The van der Waals surface area contributed by atoms with E-state index in [2.05, 4.69) is 18.8 Å². The normalized spacial score (nSPS) is 22.3. The summed E-state index contributed by atoms with van der Waals surface area (Å²) in [5, 5.41) is 0. The Balaban J connectivity index is 1.93. The summed E-state index contributed by atoms with van der Waals surface area (Å²) >= 11 is 0. The van der Waals surface area contributed by atoms with Crippen LogP contribution in [0.15, 0.2) is 24.5 Å². The fourth-order valence-electron chi connectivity index (χ4n) is 2.85. The topological polar surface area (TPSA) is 59.2 Å². The summed E-state index contributed by atoms with van der Waals surface area (Å²) in [7, 11) is 0. The number of carbonyl (C=O) groups is 1. The molecule has 19 heavy (non-hydrogen) atoms. The van der Waals surface area contributed by atoms with Crippen LogP contribution in [-0.2, 0) is 11.2 Å². The maximum absolute atomic E-state index is 12.4. The third-order valence-corrected chi connectivity index (χ3v) is 3.87. The van der Waals surface area contributed by atoms with E-state index in [-0.39, 0.29) is 17.5 Å². The Hall–Kier alpha value is -1.42. The Kier molecular flexibility index (Phi) is 4.20. The van der Waals surface area contributed by atoms with E-state index in [1.165, 1.54) is 0 Å². The van der Waals surface area contributed by atoms with Crippen LogP contribution in [0.25, 0.3) is 0 Å². The smallest absolute Gasteiger partial charge is 0.223 e. The molecule has 0 aliphatic carbocycles. The van der Waals surface area contributed by atoms with E-state index in [1.54, 1.807) is 6.20 Å². The Labute approximate surface area is 115 Å². The van der Waals surface area contributed by atoms with E-state index in [0.717, 1.165) is 31.4 Å². The quantitative estimate of drug-likeness (QED) is 0.901. The molecular weight excluding hydrogens is 238 g/mol. The molecule has 0 spiro atoms. The minimum absolute atomic E-state index is 0.121. The summed E-state index contributed by atoms with van der Waals surface area (Å²) in [6.45, 7) is 4.99. The molecule has 2 heterocycles. The highest BCUT2D eigenvalue weighted by Gasteiger charge is 2.35. The lowest BCUT2D eigenvalue weighted by Gasteiger charge is -2.45. The van der Waals surface area contributed by atoms with Gasteiger partial charge in [-0.1, -0.05) is 6.07 Å². The molecule has 2 N–H and O–H groups in total. The number of aryl methyl sites for hydroxylation is 1. The molecule has 0 bridgehead atoms. The molecule has 1 atom stereocenters. The number of nitrogens with two attached hydrogens (primary N) is 1. The molecule has 0 saturated carbocycles. The van der Waals surface area contributed by atoms with Crippen molar-refractivity contribution in [1.82, 2.24) is 9.88 Å². The average molecular weight is 261 g/mol. The summed E-state index contributed by atoms with van der Waals surface area (Å²) in [5.41, 5.74) is 6.98. The molecule has 1 aromatic rings. The van der Waals surface area contributed by atoms with E-state index < -0.39 is 0 Å². The number of pyridine rings is 1. The maximum Gasteiger partial charge on any atom is 0.223 e. The minimum Gasteiger partial charge on any atom is -0.337 e. The molecule has 4 nitrogen and oxygen atoms in total. The van der Waals surface area contributed by atoms with Gasteiger partial charge in [-0.15, -0.1) is 0 Å². The fourth-order valence-corrected chi connectivity index (χ4v) is 2.85. The molecule has 1 amide bonds. The minimum atomic E-state index is -0.121. The summed E-state index contributed by atoms with van der Waals surface area (Å²) in [5.74, 6) is 0.223. The van der Waals surface area contributed by atoms with E-state index in [0.29, 0.717) is 6.42 Å². The highest BCUT2D eigenvalue weighted by molar-refractivity contribution is 5.77. The first-order valence-electron chi connectivity index (χ1n) is 6.94. The van der Waals surface area contributed by atoms with Crippen LogP contribution in [0.2, 0.25) is 0 Å². The molecule has 1 aliphatic rings. The van der Waals surface area contributed by atoms with Gasteiger partial charge in [-0.25, -0.2) is 0 Å². The summed E-state index contributed by atoms with van der Waals surface area (Å²) < 4.78 is 0. The molecule has 1 fully saturated rings. The van der Waals surface area contributed by atoms with Crippen LogP contribution in [-0.4, -0.2) is 33.9 Å². The number of likely N-dealkylation sites (tertiary alicyclic amines) is 1. The maximum atomic E-state index is 12.4. The Morgan fingerprint density at radius 1 is 1.58 bits per heavy atom. The highest BCUT2D eigenvalue weighted by Crippen LogP contribution is 2.27. The lowest BCUT2D eigenvalue weighted by molar-refractivity contribution is -0.138. The zero-order valence-corrected chi connectivity index (χ0v) is 11.8. The first-order chi connectivity index (χ1) is 8.99. The van der Waals surface area contributed by atoms with Crippen LogP contribution in [0.3, 0.4) is 0 Å². The largest absolute Gasteiger partial charge is 0.337 e. The van der Waals surface area contributed by atoms with Gasteiger partial charge in [0.2, 0.25) is 5.91 Å². The van der Waals surface area contributed by atoms with Crippen molar-refractivity contribution in [1.29, 1.82) is 0 Å².